The minimum atomic E-state index is -0.220. The molecule has 1 amide bonds. The highest BCUT2D eigenvalue weighted by molar-refractivity contribution is 6.00. The summed E-state index contributed by atoms with van der Waals surface area (Å²) in [6, 6.07) is 7.46. The number of aliphatic hydroxyl groups excluding tert-OH is 1. The molecule has 1 spiro atoms. The molecule has 0 aromatic heterocycles. The Hall–Kier alpha value is -1.59. The van der Waals surface area contributed by atoms with E-state index >= 15 is 0 Å². The largest absolute Gasteiger partial charge is 0.393 e. The van der Waals surface area contributed by atoms with Crippen LogP contribution in [0, 0.1) is 12.3 Å². The number of aryl methyl sites for hydroxylation is 1. The van der Waals surface area contributed by atoms with E-state index in [0.29, 0.717) is 0 Å². The van der Waals surface area contributed by atoms with Crippen LogP contribution in [0.4, 0.5) is 11.4 Å². The quantitative estimate of drug-likeness (QED) is 0.824. The lowest BCUT2D eigenvalue weighted by Gasteiger charge is -2.38. The molecule has 1 aromatic carbocycles. The van der Waals surface area contributed by atoms with Crippen LogP contribution < -0.4 is 9.80 Å². The minimum absolute atomic E-state index is 0.215. The number of nitrogens with zero attached hydrogens (tertiary/aromatic N) is 3. The van der Waals surface area contributed by atoms with Gasteiger partial charge in [0.1, 0.15) is 0 Å². The molecule has 5 rings (SSSR count). The monoisotopic (exact) mass is 411 g/mol. The molecule has 1 aromatic rings. The Balaban J connectivity index is 1.25. The zero-order valence-electron chi connectivity index (χ0n) is 18.5. The van der Waals surface area contributed by atoms with Crippen LogP contribution in [0.15, 0.2) is 18.2 Å². The molecular weight excluding hydrogens is 374 g/mol. The molecule has 0 unspecified atom stereocenters. The average Bonchev–Trinajstić information content (AvgIpc) is 3.40. The fraction of sp³-hybridized carbons (Fsp3) is 0.720. The van der Waals surface area contributed by atoms with Gasteiger partial charge in [0.15, 0.2) is 0 Å². The van der Waals surface area contributed by atoms with Gasteiger partial charge < -0.3 is 19.8 Å². The number of hydrogen-bond acceptors (Lipinski definition) is 4. The van der Waals surface area contributed by atoms with Gasteiger partial charge in [-0.15, -0.1) is 0 Å². The summed E-state index contributed by atoms with van der Waals surface area (Å²) in [5.74, 6) is 0.289. The molecule has 5 heteroatoms. The van der Waals surface area contributed by atoms with Crippen molar-refractivity contribution in [1.29, 1.82) is 0 Å². The summed E-state index contributed by atoms with van der Waals surface area (Å²) < 4.78 is 0. The van der Waals surface area contributed by atoms with Crippen molar-refractivity contribution in [3.05, 3.63) is 23.8 Å². The highest BCUT2D eigenvalue weighted by Gasteiger charge is 2.48. The van der Waals surface area contributed by atoms with Gasteiger partial charge in [-0.3, -0.25) is 4.79 Å². The van der Waals surface area contributed by atoms with Crippen molar-refractivity contribution in [1.82, 2.24) is 4.90 Å². The molecule has 3 heterocycles. The van der Waals surface area contributed by atoms with Crippen LogP contribution >= 0.6 is 0 Å². The zero-order chi connectivity index (χ0) is 20.7. The number of benzene rings is 1. The average molecular weight is 412 g/mol. The third-order valence-electron chi connectivity index (χ3n) is 8.38. The van der Waals surface area contributed by atoms with Gasteiger partial charge in [-0.05, 0) is 102 Å². The SMILES string of the molecule is Cc1cc(N2CCC(N3CCCC3)CC2)ccc1N1CCC2(CCC(O)CC2)C1=O. The summed E-state index contributed by atoms with van der Waals surface area (Å²) >= 11 is 0. The summed E-state index contributed by atoms with van der Waals surface area (Å²) in [5.41, 5.74) is 3.37. The van der Waals surface area contributed by atoms with Gasteiger partial charge in [0.2, 0.25) is 5.91 Å². The Morgan fingerprint density at radius 1 is 0.933 bits per heavy atom. The van der Waals surface area contributed by atoms with Crippen LogP contribution in [0.3, 0.4) is 0 Å². The van der Waals surface area contributed by atoms with Gasteiger partial charge in [-0.1, -0.05) is 0 Å². The molecule has 0 bridgehead atoms. The summed E-state index contributed by atoms with van der Waals surface area (Å²) in [6.07, 6.45) is 9.21. The Morgan fingerprint density at radius 3 is 2.30 bits per heavy atom. The summed E-state index contributed by atoms with van der Waals surface area (Å²) in [6.45, 7) is 7.82. The lowest BCUT2D eigenvalue weighted by Crippen LogP contribution is -2.43. The molecule has 3 aliphatic heterocycles. The van der Waals surface area contributed by atoms with E-state index < -0.39 is 0 Å². The molecule has 164 valence electrons. The number of anilines is 2. The van der Waals surface area contributed by atoms with Crippen LogP contribution in [-0.4, -0.2) is 60.8 Å². The molecule has 4 aliphatic rings. The van der Waals surface area contributed by atoms with Gasteiger partial charge in [0.05, 0.1) is 11.5 Å². The van der Waals surface area contributed by atoms with Crippen molar-refractivity contribution in [2.24, 2.45) is 5.41 Å². The van der Waals surface area contributed by atoms with Crippen molar-refractivity contribution < 1.29 is 9.90 Å². The predicted molar refractivity (Wildman–Crippen MR) is 121 cm³/mol. The van der Waals surface area contributed by atoms with Crippen LogP contribution in [0.25, 0.3) is 0 Å². The van der Waals surface area contributed by atoms with Gasteiger partial charge >= 0.3 is 0 Å². The molecule has 5 nitrogen and oxygen atoms in total. The number of hydrogen-bond donors (Lipinski definition) is 1. The van der Waals surface area contributed by atoms with Gasteiger partial charge in [0, 0.05) is 37.1 Å². The van der Waals surface area contributed by atoms with Gasteiger partial charge in [0.25, 0.3) is 0 Å². The first-order chi connectivity index (χ1) is 14.6. The van der Waals surface area contributed by atoms with Gasteiger partial charge in [-0.2, -0.15) is 0 Å². The lowest BCUT2D eigenvalue weighted by molar-refractivity contribution is -0.128. The number of piperidine rings is 1. The summed E-state index contributed by atoms with van der Waals surface area (Å²) in [4.78, 5) is 20.6. The predicted octanol–water partition coefficient (Wildman–Crippen LogP) is 3.72. The number of carbonyl (C=O) groups is 1. The first-order valence-corrected chi connectivity index (χ1v) is 12.2. The Morgan fingerprint density at radius 2 is 1.63 bits per heavy atom. The van der Waals surface area contributed by atoms with Crippen LogP contribution in [-0.2, 0) is 4.79 Å². The van der Waals surface area contributed by atoms with E-state index in [-0.39, 0.29) is 17.4 Å². The second kappa shape index (κ2) is 8.16. The Kier molecular flexibility index (Phi) is 5.53. The van der Waals surface area contributed by atoms with E-state index in [2.05, 4.69) is 34.9 Å². The number of carbonyl (C=O) groups excluding carboxylic acids is 1. The van der Waals surface area contributed by atoms with E-state index in [1.54, 1.807) is 0 Å². The molecule has 4 fully saturated rings. The Bertz CT molecular complexity index is 773. The van der Waals surface area contributed by atoms with Crippen molar-refractivity contribution in [3.63, 3.8) is 0 Å². The molecule has 1 aliphatic carbocycles. The smallest absolute Gasteiger partial charge is 0.233 e. The number of rotatable bonds is 3. The highest BCUT2D eigenvalue weighted by Crippen LogP contribution is 2.46. The summed E-state index contributed by atoms with van der Waals surface area (Å²) in [7, 11) is 0. The van der Waals surface area contributed by atoms with E-state index in [1.807, 2.05) is 4.90 Å². The van der Waals surface area contributed by atoms with Gasteiger partial charge in [-0.25, -0.2) is 0 Å². The van der Waals surface area contributed by atoms with E-state index in [1.165, 1.54) is 50.0 Å². The lowest BCUT2D eigenvalue weighted by atomic mass is 9.72. The molecular formula is C25H37N3O2. The molecule has 3 saturated heterocycles. The second-order valence-electron chi connectivity index (χ2n) is 10.2. The van der Waals surface area contributed by atoms with E-state index in [0.717, 1.165) is 63.5 Å². The first kappa shape index (κ1) is 20.3. The van der Waals surface area contributed by atoms with Crippen LogP contribution in [0.1, 0.15) is 63.4 Å². The molecule has 1 N–H and O–H groups in total. The molecule has 0 atom stereocenters. The maximum absolute atomic E-state index is 13.3. The standard InChI is InChI=1S/C25H37N3O2/c1-19-18-21(27-15-8-20(9-16-27)26-13-2-3-14-26)4-5-23(19)28-17-12-25(24(28)30)10-6-22(29)7-11-25/h4-5,18,20,22,29H,2-3,6-17H2,1H3. The minimum Gasteiger partial charge on any atom is -0.393 e. The third-order valence-corrected chi connectivity index (χ3v) is 8.38. The van der Waals surface area contributed by atoms with Crippen LogP contribution in [0.2, 0.25) is 0 Å². The number of amides is 1. The molecule has 1 saturated carbocycles. The topological polar surface area (TPSA) is 47.0 Å². The zero-order valence-corrected chi connectivity index (χ0v) is 18.5. The first-order valence-electron chi connectivity index (χ1n) is 12.2. The number of aliphatic hydroxyl groups is 1. The number of likely N-dealkylation sites (tertiary alicyclic amines) is 1. The summed E-state index contributed by atoms with van der Waals surface area (Å²) in [5, 5.41) is 9.87. The van der Waals surface area contributed by atoms with Crippen molar-refractivity contribution >= 4 is 17.3 Å². The second-order valence-corrected chi connectivity index (χ2v) is 10.2. The maximum Gasteiger partial charge on any atom is 0.233 e. The fourth-order valence-electron chi connectivity index (χ4n) is 6.40. The highest BCUT2D eigenvalue weighted by atomic mass is 16.3. The van der Waals surface area contributed by atoms with E-state index in [9.17, 15) is 9.90 Å². The Labute approximate surface area is 181 Å². The van der Waals surface area contributed by atoms with E-state index in [4.69, 9.17) is 0 Å². The fourth-order valence-corrected chi connectivity index (χ4v) is 6.40. The maximum atomic E-state index is 13.3. The van der Waals surface area contributed by atoms with Crippen molar-refractivity contribution in [2.75, 3.05) is 42.5 Å². The molecule has 0 radical (unpaired) electrons. The third kappa shape index (κ3) is 3.64. The van der Waals surface area contributed by atoms with Crippen molar-refractivity contribution in [2.45, 2.75) is 76.9 Å². The normalized spacial score (nSPS) is 31.3. The van der Waals surface area contributed by atoms with Crippen molar-refractivity contribution in [3.8, 4) is 0 Å². The molecule has 30 heavy (non-hydrogen) atoms. The van der Waals surface area contributed by atoms with Crippen LogP contribution in [0.5, 0.6) is 0 Å².